The van der Waals surface area contributed by atoms with Crippen molar-refractivity contribution in [3.63, 3.8) is 0 Å². The molecule has 2 rings (SSSR count). The van der Waals surface area contributed by atoms with Gasteiger partial charge in [0.1, 0.15) is 12.3 Å². The number of methoxy groups -OCH3 is 1. The maximum Gasteiger partial charge on any atom is 0.325 e. The van der Waals surface area contributed by atoms with Gasteiger partial charge < -0.3 is 14.8 Å². The number of ether oxygens (including phenoxy) is 2. The van der Waals surface area contributed by atoms with Gasteiger partial charge in [0.2, 0.25) is 0 Å². The van der Waals surface area contributed by atoms with Crippen LogP contribution in [0.5, 0.6) is 5.75 Å². The Morgan fingerprint density at radius 3 is 2.19 bits per heavy atom. The molecule has 0 aromatic heterocycles. The van der Waals surface area contributed by atoms with E-state index in [1.165, 1.54) is 7.11 Å². The number of nitrogens with zero attached hydrogens (tertiary/aromatic N) is 1. The molecular formula is C19H16N2O5S. The molecule has 0 bridgehead atoms. The Kier molecular flexibility index (Phi) is 7.37. The lowest BCUT2D eigenvalue weighted by Gasteiger charge is -2.07. The molecule has 138 valence electrons. The predicted molar refractivity (Wildman–Crippen MR) is 102 cm³/mol. The number of carbonyl (C=O) groups is 3. The van der Waals surface area contributed by atoms with Gasteiger partial charge in [0, 0.05) is 11.1 Å². The second kappa shape index (κ2) is 9.96. The zero-order chi connectivity index (χ0) is 19.6. The molecule has 0 heterocycles. The Morgan fingerprint density at radius 2 is 1.63 bits per heavy atom. The number of hydrogen-bond acceptors (Lipinski definition) is 7. The van der Waals surface area contributed by atoms with Crippen molar-refractivity contribution in [3.05, 3.63) is 59.7 Å². The van der Waals surface area contributed by atoms with Crippen LogP contribution in [0.3, 0.4) is 0 Å². The Balaban J connectivity index is 1.92. The summed E-state index contributed by atoms with van der Waals surface area (Å²) in [6, 6.07) is 13.1. The lowest BCUT2D eigenvalue weighted by molar-refractivity contribution is -0.141. The van der Waals surface area contributed by atoms with Crippen LogP contribution in [0.4, 0.5) is 5.69 Å². The van der Waals surface area contributed by atoms with Crippen molar-refractivity contribution in [2.75, 3.05) is 20.3 Å². The van der Waals surface area contributed by atoms with Crippen LogP contribution in [-0.4, -0.2) is 43.1 Å². The number of isothiocyanates is 1. The SMILES string of the molecule is COC(=O)CNC(=O)COc1ccc(C(=O)c2ccc(N=C=S)cc2)cc1. The lowest BCUT2D eigenvalue weighted by Crippen LogP contribution is -2.33. The second-order valence-electron chi connectivity index (χ2n) is 5.25. The molecule has 0 unspecified atom stereocenters. The minimum absolute atomic E-state index is 0.157. The summed E-state index contributed by atoms with van der Waals surface area (Å²) in [6.07, 6.45) is 0. The third kappa shape index (κ3) is 6.14. The first-order valence-electron chi connectivity index (χ1n) is 7.82. The number of esters is 1. The van der Waals surface area contributed by atoms with Gasteiger partial charge in [0.15, 0.2) is 12.4 Å². The summed E-state index contributed by atoms with van der Waals surface area (Å²) in [5, 5.41) is 4.62. The van der Waals surface area contributed by atoms with E-state index < -0.39 is 11.9 Å². The average Bonchev–Trinajstić information content (AvgIpc) is 2.71. The quantitative estimate of drug-likeness (QED) is 0.325. The molecule has 0 aliphatic rings. The van der Waals surface area contributed by atoms with Crippen molar-refractivity contribution in [2.45, 2.75) is 0 Å². The van der Waals surface area contributed by atoms with Crippen molar-refractivity contribution in [1.82, 2.24) is 5.32 Å². The fraction of sp³-hybridized carbons (Fsp3) is 0.158. The van der Waals surface area contributed by atoms with E-state index in [2.05, 4.69) is 32.4 Å². The molecule has 0 saturated heterocycles. The van der Waals surface area contributed by atoms with Gasteiger partial charge in [-0.1, -0.05) is 0 Å². The van der Waals surface area contributed by atoms with Gasteiger partial charge >= 0.3 is 5.97 Å². The molecule has 0 fully saturated rings. The molecule has 1 N–H and O–H groups in total. The van der Waals surface area contributed by atoms with Crippen LogP contribution in [0, 0.1) is 0 Å². The molecule has 8 heteroatoms. The minimum atomic E-state index is -0.548. The molecule has 2 aromatic rings. The molecule has 2 aromatic carbocycles. The first-order valence-corrected chi connectivity index (χ1v) is 8.23. The number of hydrogen-bond donors (Lipinski definition) is 1. The maximum atomic E-state index is 12.5. The number of thiocarbonyl (C=S) groups is 1. The summed E-state index contributed by atoms with van der Waals surface area (Å²) in [5.41, 5.74) is 1.61. The number of benzene rings is 2. The molecule has 27 heavy (non-hydrogen) atoms. The Hall–Kier alpha value is -3.35. The third-order valence-electron chi connectivity index (χ3n) is 3.45. The lowest BCUT2D eigenvalue weighted by atomic mass is 10.0. The van der Waals surface area contributed by atoms with E-state index in [1.54, 1.807) is 48.5 Å². The van der Waals surface area contributed by atoms with Crippen molar-refractivity contribution in [2.24, 2.45) is 4.99 Å². The highest BCUT2D eigenvalue weighted by Gasteiger charge is 2.10. The number of aliphatic imine (C=N–C) groups is 1. The number of carbonyl (C=O) groups excluding carboxylic acids is 3. The fourth-order valence-electron chi connectivity index (χ4n) is 2.05. The van der Waals surface area contributed by atoms with Gasteiger partial charge in [0.05, 0.1) is 18.0 Å². The van der Waals surface area contributed by atoms with Gasteiger partial charge in [-0.15, -0.1) is 0 Å². The summed E-state index contributed by atoms with van der Waals surface area (Å²) in [4.78, 5) is 38.8. The van der Waals surface area contributed by atoms with E-state index in [0.717, 1.165) is 0 Å². The van der Waals surface area contributed by atoms with Crippen molar-refractivity contribution in [1.29, 1.82) is 0 Å². The highest BCUT2D eigenvalue weighted by Crippen LogP contribution is 2.18. The van der Waals surface area contributed by atoms with Crippen molar-refractivity contribution in [3.8, 4) is 5.75 Å². The van der Waals surface area contributed by atoms with E-state index >= 15 is 0 Å². The Labute approximate surface area is 161 Å². The van der Waals surface area contributed by atoms with E-state index in [9.17, 15) is 14.4 Å². The standard InChI is InChI=1S/C19H16N2O5S/c1-25-18(23)10-20-17(22)11-26-16-8-4-14(5-9-16)19(24)13-2-6-15(7-3-13)21-12-27/h2-9H,10-11H2,1H3,(H,20,22). The van der Waals surface area contributed by atoms with Crippen LogP contribution < -0.4 is 10.1 Å². The second-order valence-corrected chi connectivity index (χ2v) is 5.43. The highest BCUT2D eigenvalue weighted by atomic mass is 32.1. The van der Waals surface area contributed by atoms with E-state index in [0.29, 0.717) is 22.6 Å². The van der Waals surface area contributed by atoms with E-state index in [4.69, 9.17) is 4.74 Å². The van der Waals surface area contributed by atoms with Crippen LogP contribution in [0.2, 0.25) is 0 Å². The van der Waals surface area contributed by atoms with Gasteiger partial charge in [0.25, 0.3) is 5.91 Å². The minimum Gasteiger partial charge on any atom is -0.484 e. The summed E-state index contributed by atoms with van der Waals surface area (Å²) < 4.78 is 9.73. The molecular weight excluding hydrogens is 368 g/mol. The van der Waals surface area contributed by atoms with Gasteiger partial charge in [-0.05, 0) is 60.7 Å². The largest absolute Gasteiger partial charge is 0.484 e. The molecule has 0 atom stereocenters. The maximum absolute atomic E-state index is 12.5. The smallest absolute Gasteiger partial charge is 0.325 e. The zero-order valence-electron chi connectivity index (χ0n) is 14.4. The summed E-state index contributed by atoms with van der Waals surface area (Å²) in [6.45, 7) is -0.479. The van der Waals surface area contributed by atoms with Crippen LogP contribution in [0.1, 0.15) is 15.9 Å². The monoisotopic (exact) mass is 384 g/mol. The molecule has 0 aliphatic heterocycles. The van der Waals surface area contributed by atoms with Crippen molar-refractivity contribution >= 4 is 40.7 Å². The Bertz CT molecular complexity index is 872. The van der Waals surface area contributed by atoms with Gasteiger partial charge in [-0.25, -0.2) is 0 Å². The van der Waals surface area contributed by atoms with Crippen LogP contribution in [0.15, 0.2) is 53.5 Å². The molecule has 7 nitrogen and oxygen atoms in total. The van der Waals surface area contributed by atoms with Crippen LogP contribution in [0.25, 0.3) is 0 Å². The normalized spacial score (nSPS) is 9.67. The zero-order valence-corrected chi connectivity index (χ0v) is 15.2. The Morgan fingerprint density at radius 1 is 1.04 bits per heavy atom. The summed E-state index contributed by atoms with van der Waals surface area (Å²) >= 11 is 4.54. The topological polar surface area (TPSA) is 94.1 Å². The number of rotatable bonds is 8. The third-order valence-corrected chi connectivity index (χ3v) is 3.54. The average molecular weight is 384 g/mol. The van der Waals surface area contributed by atoms with Crippen molar-refractivity contribution < 1.29 is 23.9 Å². The highest BCUT2D eigenvalue weighted by molar-refractivity contribution is 7.78. The molecule has 0 aliphatic carbocycles. The number of nitrogens with one attached hydrogen (secondary N) is 1. The van der Waals surface area contributed by atoms with Gasteiger partial charge in [-0.3, -0.25) is 14.4 Å². The summed E-state index contributed by atoms with van der Waals surface area (Å²) in [7, 11) is 1.23. The first kappa shape index (κ1) is 20.0. The molecule has 0 saturated carbocycles. The van der Waals surface area contributed by atoms with E-state index in [-0.39, 0.29) is 18.9 Å². The molecule has 0 spiro atoms. The number of amides is 1. The fourth-order valence-corrected chi connectivity index (χ4v) is 2.16. The van der Waals surface area contributed by atoms with Crippen LogP contribution in [-0.2, 0) is 14.3 Å². The van der Waals surface area contributed by atoms with Gasteiger partial charge in [-0.2, -0.15) is 4.99 Å². The molecule has 1 amide bonds. The number of ketones is 1. The molecule has 0 radical (unpaired) electrons. The predicted octanol–water partition coefficient (Wildman–Crippen LogP) is 2.32. The van der Waals surface area contributed by atoms with E-state index in [1.807, 2.05) is 0 Å². The first-order chi connectivity index (χ1) is 13.0. The summed E-state index contributed by atoms with van der Waals surface area (Å²) in [5.74, 6) is -0.742. The van der Waals surface area contributed by atoms with Crippen LogP contribution >= 0.6 is 12.2 Å².